The number of amides is 2. The van der Waals surface area contributed by atoms with E-state index in [0.29, 0.717) is 30.6 Å². The molecule has 166 valence electrons. The van der Waals surface area contributed by atoms with E-state index in [0.717, 1.165) is 38.2 Å². The number of rotatable bonds is 6. The molecule has 2 aliphatic heterocycles. The van der Waals surface area contributed by atoms with Gasteiger partial charge in [0.1, 0.15) is 12.0 Å². The lowest BCUT2D eigenvalue weighted by molar-refractivity contribution is -0.136. The van der Waals surface area contributed by atoms with Gasteiger partial charge in [-0.05, 0) is 42.9 Å². The number of nitrogens with zero attached hydrogens (tertiary/aromatic N) is 2. The highest BCUT2D eigenvalue weighted by molar-refractivity contribution is 5.94. The fraction of sp³-hybridized carbons (Fsp3) is 0.520. The maximum Gasteiger partial charge on any atom is 0.257 e. The molecule has 0 unspecified atom stereocenters. The van der Waals surface area contributed by atoms with Crippen LogP contribution in [0.2, 0.25) is 0 Å². The SMILES string of the molecule is CC(C)C(=O)N1CCC([C@@H]2CN(C(=O)c3ccoc3)C[C@H]2COc2ccccc2)CC1. The Morgan fingerprint density at radius 1 is 1.06 bits per heavy atom. The van der Waals surface area contributed by atoms with Crippen LogP contribution in [0.15, 0.2) is 53.3 Å². The number of hydrogen-bond donors (Lipinski definition) is 0. The predicted octanol–water partition coefficient (Wildman–Crippen LogP) is 3.94. The summed E-state index contributed by atoms with van der Waals surface area (Å²) in [6, 6.07) is 11.6. The van der Waals surface area contributed by atoms with Crippen molar-refractivity contribution in [2.75, 3.05) is 32.8 Å². The molecule has 0 aliphatic carbocycles. The molecule has 2 aromatic rings. The van der Waals surface area contributed by atoms with Crippen molar-refractivity contribution in [2.24, 2.45) is 23.7 Å². The van der Waals surface area contributed by atoms with Gasteiger partial charge in [0, 0.05) is 38.0 Å². The molecule has 2 aliphatic rings. The lowest BCUT2D eigenvalue weighted by atomic mass is 9.78. The molecule has 31 heavy (non-hydrogen) atoms. The van der Waals surface area contributed by atoms with E-state index in [-0.39, 0.29) is 23.7 Å². The average molecular weight is 425 g/mol. The van der Waals surface area contributed by atoms with Crippen LogP contribution in [0.4, 0.5) is 0 Å². The molecule has 0 N–H and O–H groups in total. The van der Waals surface area contributed by atoms with Gasteiger partial charge >= 0.3 is 0 Å². The lowest BCUT2D eigenvalue weighted by Gasteiger charge is -2.37. The largest absolute Gasteiger partial charge is 0.493 e. The Morgan fingerprint density at radius 3 is 2.45 bits per heavy atom. The number of carbonyl (C=O) groups is 2. The molecule has 1 aromatic heterocycles. The normalized spacial score (nSPS) is 22.2. The van der Waals surface area contributed by atoms with Gasteiger partial charge in [-0.3, -0.25) is 9.59 Å². The third-order valence-corrected chi connectivity index (χ3v) is 6.70. The summed E-state index contributed by atoms with van der Waals surface area (Å²) in [5.41, 5.74) is 0.598. The molecular weight excluding hydrogens is 392 g/mol. The van der Waals surface area contributed by atoms with E-state index < -0.39 is 0 Å². The Labute approximate surface area is 184 Å². The van der Waals surface area contributed by atoms with Crippen molar-refractivity contribution >= 4 is 11.8 Å². The lowest BCUT2D eigenvalue weighted by Crippen LogP contribution is -2.43. The number of piperidine rings is 1. The van der Waals surface area contributed by atoms with Crippen LogP contribution in [0.25, 0.3) is 0 Å². The third kappa shape index (κ3) is 4.94. The fourth-order valence-corrected chi connectivity index (χ4v) is 4.97. The Balaban J connectivity index is 1.43. The number of benzene rings is 1. The van der Waals surface area contributed by atoms with Gasteiger partial charge < -0.3 is 19.0 Å². The van der Waals surface area contributed by atoms with E-state index in [2.05, 4.69) is 0 Å². The molecule has 4 rings (SSSR count). The highest BCUT2D eigenvalue weighted by atomic mass is 16.5. The monoisotopic (exact) mass is 424 g/mol. The van der Waals surface area contributed by atoms with Crippen molar-refractivity contribution < 1.29 is 18.7 Å². The third-order valence-electron chi connectivity index (χ3n) is 6.70. The van der Waals surface area contributed by atoms with Crippen molar-refractivity contribution in [3.05, 3.63) is 54.5 Å². The molecule has 1 aromatic carbocycles. The quantitative estimate of drug-likeness (QED) is 0.705. The zero-order chi connectivity index (χ0) is 21.8. The standard InChI is InChI=1S/C25H32N2O4/c1-18(2)24(28)26-11-8-19(9-12-26)23-15-27(25(29)20-10-13-30-16-20)14-21(23)17-31-22-6-4-3-5-7-22/h3-7,10,13,16,18-19,21,23H,8-9,11-12,14-15,17H2,1-2H3/t21-,23-/m0/s1. The summed E-state index contributed by atoms with van der Waals surface area (Å²) < 4.78 is 11.2. The molecule has 2 atom stereocenters. The Hall–Kier alpha value is -2.76. The molecule has 0 spiro atoms. The van der Waals surface area contributed by atoms with Crippen molar-refractivity contribution in [1.29, 1.82) is 0 Å². The molecule has 2 amide bonds. The van der Waals surface area contributed by atoms with Crippen LogP contribution in [-0.4, -0.2) is 54.4 Å². The minimum atomic E-state index is 0.0217. The summed E-state index contributed by atoms with van der Waals surface area (Å²) in [7, 11) is 0. The molecule has 6 heteroatoms. The Morgan fingerprint density at radius 2 is 1.81 bits per heavy atom. The highest BCUT2D eigenvalue weighted by Gasteiger charge is 2.41. The minimum Gasteiger partial charge on any atom is -0.493 e. The van der Waals surface area contributed by atoms with Crippen molar-refractivity contribution in [3.63, 3.8) is 0 Å². The van der Waals surface area contributed by atoms with E-state index >= 15 is 0 Å². The molecular formula is C25H32N2O4. The van der Waals surface area contributed by atoms with Gasteiger partial charge in [0.05, 0.1) is 18.4 Å². The fourth-order valence-electron chi connectivity index (χ4n) is 4.97. The van der Waals surface area contributed by atoms with Gasteiger partial charge in [-0.25, -0.2) is 0 Å². The van der Waals surface area contributed by atoms with Gasteiger partial charge in [0.25, 0.3) is 5.91 Å². The van der Waals surface area contributed by atoms with Crippen LogP contribution < -0.4 is 4.74 Å². The summed E-state index contributed by atoms with van der Waals surface area (Å²) in [6.07, 6.45) is 5.02. The van der Waals surface area contributed by atoms with Crippen molar-refractivity contribution in [3.8, 4) is 5.75 Å². The van der Waals surface area contributed by atoms with Crippen LogP contribution in [0, 0.1) is 23.7 Å². The first-order chi connectivity index (χ1) is 15.0. The number of likely N-dealkylation sites (tertiary alicyclic amines) is 2. The maximum atomic E-state index is 12.9. The summed E-state index contributed by atoms with van der Waals surface area (Å²) in [5.74, 6) is 2.29. The van der Waals surface area contributed by atoms with Crippen LogP contribution >= 0.6 is 0 Å². The van der Waals surface area contributed by atoms with E-state index in [1.165, 1.54) is 12.5 Å². The zero-order valence-corrected chi connectivity index (χ0v) is 18.4. The summed E-state index contributed by atoms with van der Waals surface area (Å²) in [4.78, 5) is 29.3. The smallest absolute Gasteiger partial charge is 0.257 e. The van der Waals surface area contributed by atoms with Gasteiger partial charge in [-0.1, -0.05) is 32.0 Å². The topological polar surface area (TPSA) is 63.0 Å². The number of carbonyl (C=O) groups excluding carboxylic acids is 2. The van der Waals surface area contributed by atoms with E-state index in [1.54, 1.807) is 6.07 Å². The Kier molecular flexibility index (Phi) is 6.64. The first-order valence-electron chi connectivity index (χ1n) is 11.3. The summed E-state index contributed by atoms with van der Waals surface area (Å²) in [5, 5.41) is 0. The minimum absolute atomic E-state index is 0.0217. The van der Waals surface area contributed by atoms with Crippen LogP contribution in [0.3, 0.4) is 0 Å². The van der Waals surface area contributed by atoms with Crippen LogP contribution in [0.1, 0.15) is 37.0 Å². The van der Waals surface area contributed by atoms with E-state index in [4.69, 9.17) is 9.15 Å². The van der Waals surface area contributed by atoms with Crippen molar-refractivity contribution in [1.82, 2.24) is 9.80 Å². The molecule has 0 radical (unpaired) electrons. The average Bonchev–Trinajstić information content (AvgIpc) is 3.48. The molecule has 2 saturated heterocycles. The van der Waals surface area contributed by atoms with Gasteiger partial charge in [0.2, 0.25) is 5.91 Å². The number of hydrogen-bond acceptors (Lipinski definition) is 4. The molecule has 0 saturated carbocycles. The van der Waals surface area contributed by atoms with Crippen molar-refractivity contribution in [2.45, 2.75) is 26.7 Å². The second-order valence-electron chi connectivity index (χ2n) is 9.09. The molecule has 0 bridgehead atoms. The van der Waals surface area contributed by atoms with E-state index in [9.17, 15) is 9.59 Å². The predicted molar refractivity (Wildman–Crippen MR) is 118 cm³/mol. The summed E-state index contributed by atoms with van der Waals surface area (Å²) >= 11 is 0. The molecule has 2 fully saturated rings. The van der Waals surface area contributed by atoms with Crippen LogP contribution in [-0.2, 0) is 4.79 Å². The number of ether oxygens (including phenoxy) is 1. The first-order valence-corrected chi connectivity index (χ1v) is 11.3. The molecule has 3 heterocycles. The summed E-state index contributed by atoms with van der Waals surface area (Å²) in [6.45, 7) is 7.54. The number of furan rings is 1. The zero-order valence-electron chi connectivity index (χ0n) is 18.4. The second-order valence-corrected chi connectivity index (χ2v) is 9.09. The van der Waals surface area contributed by atoms with E-state index in [1.807, 2.05) is 54.0 Å². The second kappa shape index (κ2) is 9.58. The van der Waals surface area contributed by atoms with Crippen LogP contribution in [0.5, 0.6) is 5.75 Å². The number of para-hydroxylation sites is 1. The van der Waals surface area contributed by atoms with Gasteiger partial charge in [-0.15, -0.1) is 0 Å². The van der Waals surface area contributed by atoms with Gasteiger partial charge in [-0.2, -0.15) is 0 Å². The maximum absolute atomic E-state index is 12.9. The first kappa shape index (κ1) is 21.5. The highest BCUT2D eigenvalue weighted by Crippen LogP contribution is 2.37. The molecule has 6 nitrogen and oxygen atoms in total. The van der Waals surface area contributed by atoms with Gasteiger partial charge in [0.15, 0.2) is 0 Å². The Bertz CT molecular complexity index is 857.